The Labute approximate surface area is 117 Å². The quantitative estimate of drug-likeness (QED) is 0.803. The van der Waals surface area contributed by atoms with Crippen molar-refractivity contribution in [2.24, 2.45) is 0 Å². The molecular formula is C15H28N4. The van der Waals surface area contributed by atoms with Crippen LogP contribution in [0.1, 0.15) is 64.0 Å². The van der Waals surface area contributed by atoms with Gasteiger partial charge in [0.2, 0.25) is 0 Å². The summed E-state index contributed by atoms with van der Waals surface area (Å²) in [6.07, 6.45) is 10.2. The molecular weight excluding hydrogens is 236 g/mol. The van der Waals surface area contributed by atoms with Crippen molar-refractivity contribution in [1.82, 2.24) is 20.1 Å². The van der Waals surface area contributed by atoms with Gasteiger partial charge in [0, 0.05) is 25.4 Å². The van der Waals surface area contributed by atoms with Gasteiger partial charge in [-0.15, -0.1) is 0 Å². The van der Waals surface area contributed by atoms with Gasteiger partial charge < -0.3 is 5.32 Å². The molecule has 1 saturated carbocycles. The first-order valence-electron chi connectivity index (χ1n) is 7.99. The van der Waals surface area contributed by atoms with Gasteiger partial charge in [0.15, 0.2) is 5.82 Å². The molecule has 0 amide bonds. The van der Waals surface area contributed by atoms with Crippen molar-refractivity contribution >= 4 is 0 Å². The Morgan fingerprint density at radius 1 is 1.11 bits per heavy atom. The average Bonchev–Trinajstić information content (AvgIpc) is 2.65. The fraction of sp³-hybridized carbons (Fsp3) is 0.867. The summed E-state index contributed by atoms with van der Waals surface area (Å²) < 4.78 is 2.09. The molecule has 4 nitrogen and oxygen atoms in total. The summed E-state index contributed by atoms with van der Waals surface area (Å²) in [5.74, 6) is 2.10. The zero-order valence-electron chi connectivity index (χ0n) is 12.5. The zero-order valence-corrected chi connectivity index (χ0v) is 12.5. The summed E-state index contributed by atoms with van der Waals surface area (Å²) in [4.78, 5) is 4.55. The Morgan fingerprint density at radius 3 is 2.47 bits per heavy atom. The van der Waals surface area contributed by atoms with E-state index < -0.39 is 0 Å². The van der Waals surface area contributed by atoms with E-state index in [9.17, 15) is 0 Å². The van der Waals surface area contributed by atoms with Crippen LogP contribution in [0.5, 0.6) is 0 Å². The second kappa shape index (κ2) is 7.63. The molecule has 1 aromatic heterocycles. The molecule has 1 N–H and O–H groups in total. The lowest BCUT2D eigenvalue weighted by atomic mass is 10.1. The van der Waals surface area contributed by atoms with Crippen molar-refractivity contribution in [2.45, 2.75) is 77.8 Å². The van der Waals surface area contributed by atoms with Gasteiger partial charge in [0.05, 0.1) is 6.54 Å². The van der Waals surface area contributed by atoms with Crippen molar-refractivity contribution in [3.8, 4) is 0 Å². The molecule has 1 heterocycles. The predicted molar refractivity (Wildman–Crippen MR) is 78.3 cm³/mol. The number of nitrogens with zero attached hydrogens (tertiary/aromatic N) is 3. The first-order chi connectivity index (χ1) is 9.33. The summed E-state index contributed by atoms with van der Waals surface area (Å²) in [7, 11) is 0. The van der Waals surface area contributed by atoms with Crippen molar-refractivity contribution in [1.29, 1.82) is 0 Å². The predicted octanol–water partition coefficient (Wildman–Crippen LogP) is 2.72. The zero-order chi connectivity index (χ0) is 13.5. The molecule has 0 spiro atoms. The normalized spacial score (nSPS) is 17.6. The van der Waals surface area contributed by atoms with Gasteiger partial charge in [0.1, 0.15) is 5.82 Å². The van der Waals surface area contributed by atoms with Crippen LogP contribution < -0.4 is 5.32 Å². The molecule has 1 aliphatic carbocycles. The first-order valence-corrected chi connectivity index (χ1v) is 7.99. The van der Waals surface area contributed by atoms with E-state index in [4.69, 9.17) is 0 Å². The minimum absolute atomic E-state index is 0.724. The molecule has 1 aromatic rings. The Balaban J connectivity index is 1.79. The van der Waals surface area contributed by atoms with Crippen LogP contribution in [0.4, 0.5) is 0 Å². The number of hydrogen-bond donors (Lipinski definition) is 1. The summed E-state index contributed by atoms with van der Waals surface area (Å²) in [5.41, 5.74) is 0. The van der Waals surface area contributed by atoms with E-state index in [1.54, 1.807) is 0 Å². The average molecular weight is 264 g/mol. The third-order valence-corrected chi connectivity index (χ3v) is 4.04. The number of hydrogen-bond acceptors (Lipinski definition) is 3. The third kappa shape index (κ3) is 4.30. The first kappa shape index (κ1) is 14.5. The Morgan fingerprint density at radius 2 is 1.84 bits per heavy atom. The molecule has 0 saturated heterocycles. The van der Waals surface area contributed by atoms with Crippen LogP contribution in [0.25, 0.3) is 0 Å². The molecule has 19 heavy (non-hydrogen) atoms. The lowest BCUT2D eigenvalue weighted by Gasteiger charge is -2.16. The van der Waals surface area contributed by atoms with Crippen LogP contribution in [0.15, 0.2) is 0 Å². The molecule has 1 fully saturated rings. The second-order valence-electron chi connectivity index (χ2n) is 5.52. The Hall–Kier alpha value is -0.900. The van der Waals surface area contributed by atoms with Crippen LogP contribution in [0, 0.1) is 0 Å². The molecule has 0 atom stereocenters. The summed E-state index contributed by atoms with van der Waals surface area (Å²) in [6.45, 7) is 6.23. The van der Waals surface area contributed by atoms with Crippen LogP contribution >= 0.6 is 0 Å². The van der Waals surface area contributed by atoms with E-state index in [0.717, 1.165) is 43.6 Å². The van der Waals surface area contributed by atoms with Gasteiger partial charge in [-0.2, -0.15) is 5.10 Å². The number of aryl methyl sites for hydroxylation is 2. The Kier molecular flexibility index (Phi) is 5.83. The summed E-state index contributed by atoms with van der Waals surface area (Å²) in [5, 5.41) is 8.27. The molecule has 0 unspecified atom stereocenters. The summed E-state index contributed by atoms with van der Waals surface area (Å²) >= 11 is 0. The highest BCUT2D eigenvalue weighted by Gasteiger charge is 2.12. The van der Waals surface area contributed by atoms with Crippen LogP contribution in [-0.4, -0.2) is 27.4 Å². The van der Waals surface area contributed by atoms with Crippen molar-refractivity contribution in [3.05, 3.63) is 11.6 Å². The third-order valence-electron chi connectivity index (χ3n) is 4.04. The largest absolute Gasteiger partial charge is 0.312 e. The number of nitrogens with one attached hydrogen (secondary N) is 1. The van der Waals surface area contributed by atoms with Crippen LogP contribution in [0.2, 0.25) is 0 Å². The highest BCUT2D eigenvalue weighted by atomic mass is 15.3. The fourth-order valence-electron chi connectivity index (χ4n) is 2.87. The molecule has 4 heteroatoms. The Bertz CT molecular complexity index is 364. The van der Waals surface area contributed by atoms with Gasteiger partial charge in [-0.05, 0) is 12.8 Å². The maximum atomic E-state index is 4.57. The van der Waals surface area contributed by atoms with Crippen LogP contribution in [-0.2, 0) is 19.4 Å². The highest BCUT2D eigenvalue weighted by Crippen LogP contribution is 2.16. The van der Waals surface area contributed by atoms with Gasteiger partial charge in [0.25, 0.3) is 0 Å². The molecule has 0 aliphatic heterocycles. The minimum atomic E-state index is 0.724. The van der Waals surface area contributed by atoms with E-state index >= 15 is 0 Å². The molecule has 1 aliphatic rings. The summed E-state index contributed by atoms with van der Waals surface area (Å²) in [6, 6.07) is 0.724. The van der Waals surface area contributed by atoms with Crippen molar-refractivity contribution in [2.75, 3.05) is 6.54 Å². The van der Waals surface area contributed by atoms with Gasteiger partial charge >= 0.3 is 0 Å². The van der Waals surface area contributed by atoms with Gasteiger partial charge in [-0.1, -0.05) is 39.5 Å². The highest BCUT2D eigenvalue weighted by molar-refractivity contribution is 4.92. The smallest absolute Gasteiger partial charge is 0.150 e. The van der Waals surface area contributed by atoms with Gasteiger partial charge in [-0.25, -0.2) is 9.67 Å². The van der Waals surface area contributed by atoms with E-state index in [1.165, 1.54) is 38.5 Å². The standard InChI is InChI=1S/C15H28N4/c1-3-14-17-15(4-2)19(18-14)12-11-16-13-9-7-5-6-8-10-13/h13,16H,3-12H2,1-2H3. The SMILES string of the molecule is CCc1nc(CC)n(CCNC2CCCCCC2)n1. The van der Waals surface area contributed by atoms with E-state index in [-0.39, 0.29) is 0 Å². The topological polar surface area (TPSA) is 42.7 Å². The molecule has 108 valence electrons. The van der Waals surface area contributed by atoms with E-state index in [0.29, 0.717) is 0 Å². The number of rotatable bonds is 6. The maximum Gasteiger partial charge on any atom is 0.150 e. The lowest BCUT2D eigenvalue weighted by Crippen LogP contribution is -2.31. The maximum absolute atomic E-state index is 4.57. The second-order valence-corrected chi connectivity index (χ2v) is 5.52. The van der Waals surface area contributed by atoms with Crippen molar-refractivity contribution < 1.29 is 0 Å². The van der Waals surface area contributed by atoms with Crippen LogP contribution in [0.3, 0.4) is 0 Å². The molecule has 2 rings (SSSR count). The monoisotopic (exact) mass is 264 g/mol. The van der Waals surface area contributed by atoms with E-state index in [2.05, 4.69) is 33.9 Å². The minimum Gasteiger partial charge on any atom is -0.312 e. The number of aromatic nitrogens is 3. The van der Waals surface area contributed by atoms with E-state index in [1.807, 2.05) is 0 Å². The van der Waals surface area contributed by atoms with Gasteiger partial charge in [-0.3, -0.25) is 0 Å². The molecule has 0 bridgehead atoms. The fourth-order valence-corrected chi connectivity index (χ4v) is 2.87. The van der Waals surface area contributed by atoms with Crippen molar-refractivity contribution in [3.63, 3.8) is 0 Å². The lowest BCUT2D eigenvalue weighted by molar-refractivity contribution is 0.432. The molecule has 0 aromatic carbocycles. The molecule has 0 radical (unpaired) electrons.